The average Bonchev–Trinajstić information content (AvgIpc) is 2.64. The van der Waals surface area contributed by atoms with Crippen LogP contribution in [0.15, 0.2) is 18.2 Å². The van der Waals surface area contributed by atoms with E-state index in [1.807, 2.05) is 18.2 Å². The molecule has 0 aliphatic carbocycles. The van der Waals surface area contributed by atoms with E-state index in [1.165, 1.54) is 0 Å². The van der Waals surface area contributed by atoms with Crippen LogP contribution >= 0.6 is 0 Å². The summed E-state index contributed by atoms with van der Waals surface area (Å²) in [5.41, 5.74) is 1.12. The highest BCUT2D eigenvalue weighted by atomic mass is 16.7. The first-order valence-electron chi connectivity index (χ1n) is 5.03. The fourth-order valence-corrected chi connectivity index (χ4v) is 1.48. The molecule has 0 saturated carbocycles. The van der Waals surface area contributed by atoms with Crippen LogP contribution in [0.4, 0.5) is 0 Å². The van der Waals surface area contributed by atoms with Crippen molar-refractivity contribution in [1.29, 1.82) is 0 Å². The second-order valence-electron chi connectivity index (χ2n) is 3.67. The zero-order valence-electron chi connectivity index (χ0n) is 8.69. The zero-order chi connectivity index (χ0) is 10.7. The number of hydrogen-bond donors (Lipinski definition) is 2. The maximum absolute atomic E-state index is 9.08. The molecule has 0 amide bonds. The molecular formula is C11H15NO3. The van der Waals surface area contributed by atoms with Crippen molar-refractivity contribution in [2.24, 2.45) is 0 Å². The molecule has 15 heavy (non-hydrogen) atoms. The number of fused-ring (bicyclic) bond motifs is 1. The van der Waals surface area contributed by atoms with Crippen LogP contribution in [0.1, 0.15) is 12.5 Å². The molecule has 4 nitrogen and oxygen atoms in total. The largest absolute Gasteiger partial charge is 0.454 e. The first-order chi connectivity index (χ1) is 7.25. The maximum atomic E-state index is 9.08. The first-order valence-corrected chi connectivity index (χ1v) is 5.03. The summed E-state index contributed by atoms with van der Waals surface area (Å²) in [5.74, 6) is 1.60. The summed E-state index contributed by atoms with van der Waals surface area (Å²) in [5, 5.41) is 12.2. The zero-order valence-corrected chi connectivity index (χ0v) is 8.69. The molecule has 1 atom stereocenters. The van der Waals surface area contributed by atoms with E-state index in [0.717, 1.165) is 23.6 Å². The number of benzene rings is 1. The van der Waals surface area contributed by atoms with Crippen molar-refractivity contribution in [2.75, 3.05) is 13.3 Å². The van der Waals surface area contributed by atoms with Gasteiger partial charge in [-0.15, -0.1) is 0 Å². The average molecular weight is 209 g/mol. The molecule has 1 aromatic rings. The van der Waals surface area contributed by atoms with Gasteiger partial charge in [-0.05, 0) is 24.6 Å². The van der Waals surface area contributed by atoms with Crippen molar-refractivity contribution in [3.8, 4) is 11.5 Å². The van der Waals surface area contributed by atoms with E-state index in [-0.39, 0.29) is 6.10 Å². The highest BCUT2D eigenvalue weighted by Crippen LogP contribution is 2.32. The van der Waals surface area contributed by atoms with Crippen LogP contribution in [0.2, 0.25) is 0 Å². The van der Waals surface area contributed by atoms with Crippen LogP contribution in [-0.2, 0) is 6.54 Å². The lowest BCUT2D eigenvalue weighted by Gasteiger charge is -2.07. The van der Waals surface area contributed by atoms with Crippen molar-refractivity contribution in [3.05, 3.63) is 23.8 Å². The lowest BCUT2D eigenvalue weighted by Crippen LogP contribution is -2.23. The SMILES string of the molecule is C[C@@H](O)CNCc1ccc2c(c1)OCO2. The Kier molecular flexibility index (Phi) is 3.08. The summed E-state index contributed by atoms with van der Waals surface area (Å²) < 4.78 is 10.5. The number of rotatable bonds is 4. The Morgan fingerprint density at radius 2 is 2.20 bits per heavy atom. The second-order valence-corrected chi connectivity index (χ2v) is 3.67. The molecule has 1 heterocycles. The number of nitrogens with one attached hydrogen (secondary N) is 1. The molecule has 0 unspecified atom stereocenters. The molecule has 2 rings (SSSR count). The lowest BCUT2D eigenvalue weighted by molar-refractivity contribution is 0.174. The van der Waals surface area contributed by atoms with Crippen molar-refractivity contribution >= 4 is 0 Å². The van der Waals surface area contributed by atoms with Crippen LogP contribution in [0.3, 0.4) is 0 Å². The Labute approximate surface area is 88.8 Å². The van der Waals surface area contributed by atoms with E-state index in [4.69, 9.17) is 14.6 Å². The number of hydrogen-bond acceptors (Lipinski definition) is 4. The van der Waals surface area contributed by atoms with Gasteiger partial charge < -0.3 is 19.9 Å². The Hall–Kier alpha value is -1.26. The molecule has 0 bridgehead atoms. The molecule has 0 radical (unpaired) electrons. The fourth-order valence-electron chi connectivity index (χ4n) is 1.48. The third-order valence-corrected chi connectivity index (χ3v) is 2.21. The van der Waals surface area contributed by atoms with Crippen molar-refractivity contribution in [3.63, 3.8) is 0 Å². The Morgan fingerprint density at radius 1 is 1.40 bits per heavy atom. The molecule has 1 aliphatic rings. The van der Waals surface area contributed by atoms with Crippen molar-refractivity contribution in [1.82, 2.24) is 5.32 Å². The van der Waals surface area contributed by atoms with E-state index in [9.17, 15) is 0 Å². The topological polar surface area (TPSA) is 50.7 Å². The van der Waals surface area contributed by atoms with Gasteiger partial charge in [0.05, 0.1) is 6.10 Å². The van der Waals surface area contributed by atoms with Crippen LogP contribution in [-0.4, -0.2) is 24.5 Å². The molecule has 1 aliphatic heterocycles. The van der Waals surface area contributed by atoms with Crippen LogP contribution in [0.25, 0.3) is 0 Å². The highest BCUT2D eigenvalue weighted by molar-refractivity contribution is 5.44. The normalized spacial score (nSPS) is 15.3. The molecule has 1 aromatic carbocycles. The van der Waals surface area contributed by atoms with E-state index in [0.29, 0.717) is 13.3 Å². The molecule has 2 N–H and O–H groups in total. The molecule has 0 aromatic heterocycles. The Bertz CT molecular complexity index is 339. The molecule has 0 spiro atoms. The summed E-state index contributed by atoms with van der Waals surface area (Å²) in [7, 11) is 0. The van der Waals surface area contributed by atoms with Gasteiger partial charge >= 0.3 is 0 Å². The third-order valence-electron chi connectivity index (χ3n) is 2.21. The summed E-state index contributed by atoms with van der Waals surface area (Å²) >= 11 is 0. The van der Waals surface area contributed by atoms with Gasteiger partial charge in [0.2, 0.25) is 6.79 Å². The van der Waals surface area contributed by atoms with E-state index >= 15 is 0 Å². The summed E-state index contributed by atoms with van der Waals surface area (Å²) in [4.78, 5) is 0. The number of ether oxygens (including phenoxy) is 2. The van der Waals surface area contributed by atoms with Crippen LogP contribution in [0, 0.1) is 0 Å². The Balaban J connectivity index is 1.92. The predicted molar refractivity (Wildman–Crippen MR) is 56.0 cm³/mol. The lowest BCUT2D eigenvalue weighted by atomic mass is 10.2. The molecule has 4 heteroatoms. The van der Waals surface area contributed by atoms with Gasteiger partial charge in [-0.2, -0.15) is 0 Å². The summed E-state index contributed by atoms with van der Waals surface area (Å²) in [6.45, 7) is 3.38. The van der Waals surface area contributed by atoms with E-state index in [2.05, 4.69) is 5.32 Å². The van der Waals surface area contributed by atoms with E-state index in [1.54, 1.807) is 6.92 Å². The third kappa shape index (κ3) is 2.61. The van der Waals surface area contributed by atoms with Gasteiger partial charge in [-0.25, -0.2) is 0 Å². The monoisotopic (exact) mass is 209 g/mol. The minimum Gasteiger partial charge on any atom is -0.454 e. The molecule has 0 saturated heterocycles. The van der Waals surface area contributed by atoms with Gasteiger partial charge in [-0.3, -0.25) is 0 Å². The van der Waals surface area contributed by atoms with E-state index < -0.39 is 0 Å². The van der Waals surface area contributed by atoms with Crippen molar-refractivity contribution in [2.45, 2.75) is 19.6 Å². The number of aliphatic hydroxyl groups excluding tert-OH is 1. The fraction of sp³-hybridized carbons (Fsp3) is 0.455. The predicted octanol–water partition coefficient (Wildman–Crippen LogP) is 0.886. The standard InChI is InChI=1S/C11H15NO3/c1-8(13)5-12-6-9-2-3-10-11(4-9)15-7-14-10/h2-4,8,12-13H,5-7H2,1H3/t8-/m1/s1. The van der Waals surface area contributed by atoms with Crippen LogP contribution < -0.4 is 14.8 Å². The van der Waals surface area contributed by atoms with Gasteiger partial charge in [0.25, 0.3) is 0 Å². The number of aliphatic hydroxyl groups is 1. The maximum Gasteiger partial charge on any atom is 0.231 e. The minimum atomic E-state index is -0.320. The van der Waals surface area contributed by atoms with Gasteiger partial charge in [0.1, 0.15) is 0 Å². The molecular weight excluding hydrogens is 194 g/mol. The smallest absolute Gasteiger partial charge is 0.231 e. The Morgan fingerprint density at radius 3 is 3.00 bits per heavy atom. The molecule has 0 fully saturated rings. The van der Waals surface area contributed by atoms with Crippen LogP contribution in [0.5, 0.6) is 11.5 Å². The summed E-state index contributed by atoms with van der Waals surface area (Å²) in [6.07, 6.45) is -0.320. The highest BCUT2D eigenvalue weighted by Gasteiger charge is 2.12. The second kappa shape index (κ2) is 4.51. The molecule has 82 valence electrons. The minimum absolute atomic E-state index is 0.305. The van der Waals surface area contributed by atoms with Crippen molar-refractivity contribution < 1.29 is 14.6 Å². The van der Waals surface area contributed by atoms with Gasteiger partial charge in [0, 0.05) is 13.1 Å². The van der Waals surface area contributed by atoms with Gasteiger partial charge in [0.15, 0.2) is 11.5 Å². The summed E-state index contributed by atoms with van der Waals surface area (Å²) in [6, 6.07) is 5.85. The first kappa shape index (κ1) is 10.3. The quantitative estimate of drug-likeness (QED) is 0.773. The van der Waals surface area contributed by atoms with Gasteiger partial charge in [-0.1, -0.05) is 6.07 Å².